The summed E-state index contributed by atoms with van der Waals surface area (Å²) in [5.74, 6) is 0.727. The van der Waals surface area contributed by atoms with Crippen LogP contribution in [0.25, 0.3) is 0 Å². The molecule has 0 saturated carbocycles. The van der Waals surface area contributed by atoms with Gasteiger partial charge in [-0.1, -0.05) is 39.3 Å². The monoisotopic (exact) mass is 465 g/mol. The fourth-order valence-electron chi connectivity index (χ4n) is 4.33. The molecule has 0 bridgehead atoms. The molecule has 0 atom stereocenters. The normalized spacial score (nSPS) is 17.0. The van der Waals surface area contributed by atoms with Gasteiger partial charge in [0.1, 0.15) is 18.0 Å². The molecule has 0 radical (unpaired) electrons. The van der Waals surface area contributed by atoms with Crippen molar-refractivity contribution in [2.45, 2.75) is 64.6 Å². The Bertz CT molecular complexity index is 915. The van der Waals surface area contributed by atoms with Gasteiger partial charge in [0.15, 0.2) is 13.9 Å². The number of rotatable bonds is 8. The molecule has 7 heteroatoms. The average molecular weight is 466 g/mol. The second-order valence-corrected chi connectivity index (χ2v) is 15.4. The maximum absolute atomic E-state index is 9.77. The Morgan fingerprint density at radius 2 is 1.52 bits per heavy atom. The summed E-state index contributed by atoms with van der Waals surface area (Å²) < 4.78 is 6.39. The zero-order valence-electron chi connectivity index (χ0n) is 21.0. The average Bonchev–Trinajstić information content (AvgIpc) is 3.09. The first-order valence-corrected chi connectivity index (χ1v) is 15.2. The number of hydrogen-bond acceptors (Lipinski definition) is 6. The van der Waals surface area contributed by atoms with Crippen LogP contribution in [0.2, 0.25) is 18.1 Å². The van der Waals surface area contributed by atoms with Crippen molar-refractivity contribution in [2.75, 3.05) is 49.1 Å². The van der Waals surface area contributed by atoms with Crippen LogP contribution in [-0.4, -0.2) is 52.5 Å². The molecule has 6 nitrogen and oxygen atoms in total. The third kappa shape index (κ3) is 5.79. The minimum Gasteiger partial charge on any atom is -0.417 e. The number of benzene rings is 1. The molecule has 0 amide bonds. The molecule has 0 spiro atoms. The number of likely N-dealkylation sites (tertiary alicyclic amines) is 1. The summed E-state index contributed by atoms with van der Waals surface area (Å²) in [6, 6.07) is 12.6. The predicted octanol–water partition coefficient (Wildman–Crippen LogP) is 5.47. The second kappa shape index (κ2) is 10.7. The molecule has 0 aromatic heterocycles. The molecule has 0 N–H and O–H groups in total. The SMILES string of the molecule is CC(C)(C)[Si](C)(C)OCCCN1C(=C(C#N)C#N)N(CCN2CCCCC2)c2ccccc21. The third-order valence-corrected chi connectivity index (χ3v) is 11.8. The molecular weight excluding hydrogens is 426 g/mol. The minimum absolute atomic E-state index is 0.176. The second-order valence-electron chi connectivity index (χ2n) is 10.6. The van der Waals surface area contributed by atoms with Crippen molar-refractivity contribution in [3.8, 4) is 12.1 Å². The lowest BCUT2D eigenvalue weighted by Crippen LogP contribution is -2.41. The van der Waals surface area contributed by atoms with Gasteiger partial charge in [-0.3, -0.25) is 0 Å². The third-order valence-electron chi connectivity index (χ3n) is 7.31. The van der Waals surface area contributed by atoms with Gasteiger partial charge in [0.05, 0.1) is 11.4 Å². The molecule has 2 heterocycles. The van der Waals surface area contributed by atoms with Crippen molar-refractivity contribution < 1.29 is 4.43 Å². The molecule has 33 heavy (non-hydrogen) atoms. The zero-order chi connectivity index (χ0) is 24.1. The molecule has 3 rings (SSSR count). The molecule has 0 unspecified atom stereocenters. The summed E-state index contributed by atoms with van der Waals surface area (Å²) in [7, 11) is -1.80. The lowest BCUT2D eigenvalue weighted by molar-refractivity contribution is 0.234. The summed E-state index contributed by atoms with van der Waals surface area (Å²) >= 11 is 0. The number of nitriles is 2. The fraction of sp³-hybridized carbons (Fsp3) is 0.615. The molecule has 178 valence electrons. The van der Waals surface area contributed by atoms with Crippen LogP contribution in [0.3, 0.4) is 0 Å². The Labute approximate surface area is 201 Å². The first kappa shape index (κ1) is 25.3. The smallest absolute Gasteiger partial charge is 0.191 e. The number of anilines is 2. The molecule has 0 aliphatic carbocycles. The van der Waals surface area contributed by atoms with Crippen LogP contribution in [0.15, 0.2) is 35.7 Å². The van der Waals surface area contributed by atoms with E-state index in [1.807, 2.05) is 12.1 Å². The maximum Gasteiger partial charge on any atom is 0.191 e. The van der Waals surface area contributed by atoms with E-state index in [-0.39, 0.29) is 10.6 Å². The molecule has 1 saturated heterocycles. The van der Waals surface area contributed by atoms with Gasteiger partial charge in [-0.15, -0.1) is 0 Å². The molecule has 2 aliphatic rings. The van der Waals surface area contributed by atoms with E-state index in [2.05, 4.69) is 72.8 Å². The predicted molar refractivity (Wildman–Crippen MR) is 137 cm³/mol. The molecule has 1 fully saturated rings. The summed E-state index contributed by atoms with van der Waals surface area (Å²) in [4.78, 5) is 6.83. The number of fused-ring (bicyclic) bond motifs is 1. The Morgan fingerprint density at radius 3 is 2.06 bits per heavy atom. The lowest BCUT2D eigenvalue weighted by atomic mass is 10.1. The first-order valence-electron chi connectivity index (χ1n) is 12.2. The van der Waals surface area contributed by atoms with Gasteiger partial charge < -0.3 is 19.1 Å². The fourth-order valence-corrected chi connectivity index (χ4v) is 5.42. The highest BCUT2D eigenvalue weighted by Gasteiger charge is 2.37. The van der Waals surface area contributed by atoms with Gasteiger partial charge in [0.25, 0.3) is 0 Å². The summed E-state index contributed by atoms with van der Waals surface area (Å²) in [5.41, 5.74) is 2.33. The molecule has 2 aliphatic heterocycles. The van der Waals surface area contributed by atoms with E-state index >= 15 is 0 Å². The van der Waals surface area contributed by atoms with E-state index in [0.717, 1.165) is 49.8 Å². The topological polar surface area (TPSA) is 66.5 Å². The number of para-hydroxylation sites is 2. The van der Waals surface area contributed by atoms with Crippen molar-refractivity contribution in [1.29, 1.82) is 10.5 Å². The van der Waals surface area contributed by atoms with Crippen LogP contribution >= 0.6 is 0 Å². The first-order chi connectivity index (χ1) is 15.7. The van der Waals surface area contributed by atoms with E-state index in [0.29, 0.717) is 13.2 Å². The van der Waals surface area contributed by atoms with E-state index in [1.165, 1.54) is 19.3 Å². The van der Waals surface area contributed by atoms with E-state index in [4.69, 9.17) is 4.43 Å². The summed E-state index contributed by atoms with van der Waals surface area (Å²) in [6.07, 6.45) is 4.66. The van der Waals surface area contributed by atoms with E-state index in [9.17, 15) is 10.5 Å². The van der Waals surface area contributed by atoms with Crippen LogP contribution in [0, 0.1) is 22.7 Å². The van der Waals surface area contributed by atoms with Crippen molar-refractivity contribution >= 4 is 19.7 Å². The van der Waals surface area contributed by atoms with Crippen LogP contribution < -0.4 is 9.80 Å². The Morgan fingerprint density at radius 1 is 0.939 bits per heavy atom. The highest BCUT2D eigenvalue weighted by atomic mass is 28.4. The van der Waals surface area contributed by atoms with Crippen molar-refractivity contribution in [2.24, 2.45) is 0 Å². The van der Waals surface area contributed by atoms with Crippen LogP contribution in [0.5, 0.6) is 0 Å². The van der Waals surface area contributed by atoms with Gasteiger partial charge in [-0.25, -0.2) is 0 Å². The van der Waals surface area contributed by atoms with E-state index < -0.39 is 8.32 Å². The van der Waals surface area contributed by atoms with Gasteiger partial charge >= 0.3 is 0 Å². The van der Waals surface area contributed by atoms with Gasteiger partial charge in [0, 0.05) is 26.2 Å². The van der Waals surface area contributed by atoms with Crippen LogP contribution in [0.4, 0.5) is 11.4 Å². The Balaban J connectivity index is 1.79. The quantitative estimate of drug-likeness (QED) is 0.288. The standard InChI is InChI=1S/C26H39N5OSi/c1-26(2,3)33(4,5)32-19-11-16-30-23-12-7-8-13-24(23)31(25(30)22(20-27)21-28)18-17-29-14-9-6-10-15-29/h7-8,12-13H,6,9-11,14-19H2,1-5H3. The summed E-state index contributed by atoms with van der Waals surface area (Å²) in [6.45, 7) is 16.7. The Kier molecular flexibility index (Phi) is 8.23. The number of piperidine rings is 1. The lowest BCUT2D eigenvalue weighted by Gasteiger charge is -2.36. The van der Waals surface area contributed by atoms with Gasteiger partial charge in [-0.05, 0) is 62.6 Å². The number of allylic oxidation sites excluding steroid dienone is 1. The molecule has 1 aromatic rings. The van der Waals surface area contributed by atoms with Gasteiger partial charge in [-0.2, -0.15) is 10.5 Å². The number of hydrogen-bond donors (Lipinski definition) is 0. The van der Waals surface area contributed by atoms with Gasteiger partial charge in [0.2, 0.25) is 0 Å². The zero-order valence-corrected chi connectivity index (χ0v) is 22.0. The highest BCUT2D eigenvalue weighted by molar-refractivity contribution is 6.74. The van der Waals surface area contributed by atoms with E-state index in [1.54, 1.807) is 0 Å². The molecular formula is C26H39N5OSi. The van der Waals surface area contributed by atoms with Crippen molar-refractivity contribution in [3.05, 3.63) is 35.7 Å². The summed E-state index contributed by atoms with van der Waals surface area (Å²) in [5, 5.41) is 19.7. The van der Waals surface area contributed by atoms with Crippen molar-refractivity contribution in [1.82, 2.24) is 4.90 Å². The highest BCUT2D eigenvalue weighted by Crippen LogP contribution is 2.43. The Hall–Kier alpha value is -2.32. The van der Waals surface area contributed by atoms with Crippen molar-refractivity contribution in [3.63, 3.8) is 0 Å². The number of nitrogens with zero attached hydrogens (tertiary/aromatic N) is 5. The minimum atomic E-state index is -1.80. The maximum atomic E-state index is 9.77. The molecule has 1 aromatic carbocycles. The van der Waals surface area contributed by atoms with Crippen LogP contribution in [0.1, 0.15) is 46.5 Å². The largest absolute Gasteiger partial charge is 0.417 e. The van der Waals surface area contributed by atoms with Crippen LogP contribution in [-0.2, 0) is 4.43 Å².